The largest absolute Gasteiger partial charge is 0.484 e. The van der Waals surface area contributed by atoms with Crippen LogP contribution in [0.3, 0.4) is 0 Å². The number of aryl methyl sites for hydroxylation is 1. The van der Waals surface area contributed by atoms with Gasteiger partial charge in [-0.2, -0.15) is 0 Å². The Morgan fingerprint density at radius 3 is 2.68 bits per heavy atom. The van der Waals surface area contributed by atoms with Crippen LogP contribution < -0.4 is 10.1 Å². The molecule has 0 fully saturated rings. The number of benzene rings is 1. The highest BCUT2D eigenvalue weighted by Gasteiger charge is 2.01. The monoisotopic (exact) mass is 267 g/mol. The smallest absolute Gasteiger partial charge is 0.257 e. The third-order valence-electron chi connectivity index (χ3n) is 2.41. The standard InChI is InChI=1S/C14H21NO4/c1-12-3-5-13(6-4-12)19-11-14(17)15-7-2-9-18-10-8-16/h3-6,16H,2,7-11H2,1H3,(H,15,17). The van der Waals surface area contributed by atoms with E-state index in [4.69, 9.17) is 14.6 Å². The van der Waals surface area contributed by atoms with E-state index in [0.29, 0.717) is 25.5 Å². The molecule has 0 atom stereocenters. The second-order valence-corrected chi connectivity index (χ2v) is 4.14. The second kappa shape index (κ2) is 9.35. The maximum absolute atomic E-state index is 11.5. The molecule has 0 bridgehead atoms. The molecule has 5 nitrogen and oxygen atoms in total. The van der Waals surface area contributed by atoms with E-state index in [9.17, 15) is 4.79 Å². The van der Waals surface area contributed by atoms with E-state index in [0.717, 1.165) is 12.0 Å². The fourth-order valence-corrected chi connectivity index (χ4v) is 1.40. The van der Waals surface area contributed by atoms with Crippen molar-refractivity contribution in [2.75, 3.05) is 33.0 Å². The van der Waals surface area contributed by atoms with Gasteiger partial charge in [-0.05, 0) is 25.5 Å². The van der Waals surface area contributed by atoms with Crippen molar-refractivity contribution in [1.29, 1.82) is 0 Å². The first-order valence-corrected chi connectivity index (χ1v) is 6.37. The van der Waals surface area contributed by atoms with Gasteiger partial charge < -0.3 is 19.9 Å². The number of nitrogens with one attached hydrogen (secondary N) is 1. The van der Waals surface area contributed by atoms with Crippen molar-refractivity contribution in [3.63, 3.8) is 0 Å². The SMILES string of the molecule is Cc1ccc(OCC(=O)NCCCOCCO)cc1. The van der Waals surface area contributed by atoms with Crippen molar-refractivity contribution in [2.24, 2.45) is 0 Å². The Hall–Kier alpha value is -1.59. The first-order chi connectivity index (χ1) is 9.22. The molecular formula is C14H21NO4. The Bertz CT molecular complexity index is 364. The summed E-state index contributed by atoms with van der Waals surface area (Å²) >= 11 is 0. The fourth-order valence-electron chi connectivity index (χ4n) is 1.40. The Morgan fingerprint density at radius 1 is 1.26 bits per heavy atom. The lowest BCUT2D eigenvalue weighted by atomic mass is 10.2. The van der Waals surface area contributed by atoms with Crippen LogP contribution in [-0.4, -0.2) is 44.0 Å². The summed E-state index contributed by atoms with van der Waals surface area (Å²) in [6.07, 6.45) is 0.719. The van der Waals surface area contributed by atoms with Gasteiger partial charge in [0, 0.05) is 13.2 Å². The van der Waals surface area contributed by atoms with Gasteiger partial charge in [0.1, 0.15) is 5.75 Å². The third kappa shape index (κ3) is 7.43. The third-order valence-corrected chi connectivity index (χ3v) is 2.41. The molecule has 1 aromatic rings. The lowest BCUT2D eigenvalue weighted by Crippen LogP contribution is -2.30. The summed E-state index contributed by atoms with van der Waals surface area (Å²) in [7, 11) is 0. The maximum atomic E-state index is 11.5. The van der Waals surface area contributed by atoms with Crippen LogP contribution in [0.2, 0.25) is 0 Å². The zero-order chi connectivity index (χ0) is 13.9. The Kier molecular flexibility index (Phi) is 7.62. The number of hydrogen-bond acceptors (Lipinski definition) is 4. The van der Waals surface area contributed by atoms with Crippen molar-refractivity contribution in [3.8, 4) is 5.75 Å². The molecule has 0 radical (unpaired) electrons. The molecule has 106 valence electrons. The van der Waals surface area contributed by atoms with Gasteiger partial charge in [0.15, 0.2) is 6.61 Å². The predicted molar refractivity (Wildman–Crippen MR) is 72.2 cm³/mol. The molecule has 0 aromatic heterocycles. The molecule has 1 amide bonds. The Morgan fingerprint density at radius 2 is 2.00 bits per heavy atom. The van der Waals surface area contributed by atoms with Gasteiger partial charge in [-0.1, -0.05) is 17.7 Å². The Labute approximate surface area is 113 Å². The first kappa shape index (κ1) is 15.5. The zero-order valence-electron chi connectivity index (χ0n) is 11.2. The van der Waals surface area contributed by atoms with Gasteiger partial charge in [0.05, 0.1) is 13.2 Å². The van der Waals surface area contributed by atoms with Crippen molar-refractivity contribution < 1.29 is 19.4 Å². The molecule has 0 aliphatic rings. The summed E-state index contributed by atoms with van der Waals surface area (Å²) in [5, 5.41) is 11.2. The number of aliphatic hydroxyl groups is 1. The number of carbonyl (C=O) groups excluding carboxylic acids is 1. The molecule has 0 aliphatic heterocycles. The van der Waals surface area contributed by atoms with Crippen LogP contribution in [0.1, 0.15) is 12.0 Å². The van der Waals surface area contributed by atoms with Gasteiger partial charge in [-0.25, -0.2) is 0 Å². The number of carbonyl (C=O) groups is 1. The van der Waals surface area contributed by atoms with Crippen LogP contribution in [0.15, 0.2) is 24.3 Å². The molecule has 1 aromatic carbocycles. The van der Waals surface area contributed by atoms with E-state index in [1.54, 1.807) is 0 Å². The van der Waals surface area contributed by atoms with Crippen LogP contribution in [0.25, 0.3) is 0 Å². The molecule has 0 spiro atoms. The molecule has 0 saturated carbocycles. The number of aliphatic hydroxyl groups excluding tert-OH is 1. The second-order valence-electron chi connectivity index (χ2n) is 4.14. The van der Waals surface area contributed by atoms with Crippen molar-refractivity contribution in [2.45, 2.75) is 13.3 Å². The minimum Gasteiger partial charge on any atom is -0.484 e. The topological polar surface area (TPSA) is 67.8 Å². The Balaban J connectivity index is 2.06. The van der Waals surface area contributed by atoms with Crippen LogP contribution in [0.5, 0.6) is 5.75 Å². The van der Waals surface area contributed by atoms with E-state index in [1.165, 1.54) is 0 Å². The quantitative estimate of drug-likeness (QED) is 0.652. The summed E-state index contributed by atoms with van der Waals surface area (Å²) in [6, 6.07) is 7.55. The number of ether oxygens (including phenoxy) is 2. The summed E-state index contributed by atoms with van der Waals surface area (Å²) in [6.45, 7) is 3.44. The molecule has 0 saturated heterocycles. The van der Waals surface area contributed by atoms with E-state index in [-0.39, 0.29) is 19.1 Å². The van der Waals surface area contributed by atoms with Crippen LogP contribution in [-0.2, 0) is 9.53 Å². The van der Waals surface area contributed by atoms with Gasteiger partial charge in [0.2, 0.25) is 0 Å². The highest BCUT2D eigenvalue weighted by Crippen LogP contribution is 2.10. The highest BCUT2D eigenvalue weighted by molar-refractivity contribution is 5.77. The maximum Gasteiger partial charge on any atom is 0.257 e. The van der Waals surface area contributed by atoms with Gasteiger partial charge >= 0.3 is 0 Å². The molecule has 0 aliphatic carbocycles. The number of rotatable bonds is 9. The van der Waals surface area contributed by atoms with Gasteiger partial charge in [0.25, 0.3) is 5.91 Å². The lowest BCUT2D eigenvalue weighted by Gasteiger charge is -2.07. The number of amides is 1. The normalized spacial score (nSPS) is 10.2. The average molecular weight is 267 g/mol. The molecule has 0 unspecified atom stereocenters. The summed E-state index contributed by atoms with van der Waals surface area (Å²) in [5.41, 5.74) is 1.15. The summed E-state index contributed by atoms with van der Waals surface area (Å²) < 4.78 is 10.4. The molecule has 2 N–H and O–H groups in total. The molecule has 5 heteroatoms. The van der Waals surface area contributed by atoms with Crippen molar-refractivity contribution in [1.82, 2.24) is 5.32 Å². The molecule has 1 rings (SSSR count). The van der Waals surface area contributed by atoms with E-state index >= 15 is 0 Å². The molecular weight excluding hydrogens is 246 g/mol. The van der Waals surface area contributed by atoms with Gasteiger partial charge in [-0.3, -0.25) is 4.79 Å². The summed E-state index contributed by atoms with van der Waals surface area (Å²) in [5.74, 6) is 0.537. The molecule has 19 heavy (non-hydrogen) atoms. The van der Waals surface area contributed by atoms with Crippen LogP contribution in [0.4, 0.5) is 0 Å². The van der Waals surface area contributed by atoms with E-state index < -0.39 is 0 Å². The first-order valence-electron chi connectivity index (χ1n) is 6.37. The van der Waals surface area contributed by atoms with E-state index in [2.05, 4.69) is 5.32 Å². The number of hydrogen-bond donors (Lipinski definition) is 2. The molecule has 0 heterocycles. The van der Waals surface area contributed by atoms with Crippen LogP contribution in [0, 0.1) is 6.92 Å². The van der Waals surface area contributed by atoms with E-state index in [1.807, 2.05) is 31.2 Å². The minimum absolute atomic E-state index is 0.0144. The predicted octanol–water partition coefficient (Wildman–Crippen LogP) is 0.889. The summed E-state index contributed by atoms with van der Waals surface area (Å²) in [4.78, 5) is 11.5. The van der Waals surface area contributed by atoms with Crippen molar-refractivity contribution >= 4 is 5.91 Å². The highest BCUT2D eigenvalue weighted by atomic mass is 16.5. The average Bonchev–Trinajstić information content (AvgIpc) is 2.42. The van der Waals surface area contributed by atoms with Crippen molar-refractivity contribution in [3.05, 3.63) is 29.8 Å². The van der Waals surface area contributed by atoms with Gasteiger partial charge in [-0.15, -0.1) is 0 Å². The minimum atomic E-state index is -0.150. The fraction of sp³-hybridized carbons (Fsp3) is 0.500. The zero-order valence-corrected chi connectivity index (χ0v) is 11.2. The lowest BCUT2D eigenvalue weighted by molar-refractivity contribution is -0.123. The van der Waals surface area contributed by atoms with Crippen LogP contribution >= 0.6 is 0 Å².